The van der Waals surface area contributed by atoms with Crippen LogP contribution in [0.25, 0.3) is 0 Å². The van der Waals surface area contributed by atoms with Crippen molar-refractivity contribution in [1.82, 2.24) is 4.90 Å². The Morgan fingerprint density at radius 1 is 1.47 bits per heavy atom. The normalized spacial score (nSPS) is 19.6. The number of hydrogen-bond donors (Lipinski definition) is 0. The van der Waals surface area contributed by atoms with Crippen LogP contribution in [-0.2, 0) is 0 Å². The van der Waals surface area contributed by atoms with Gasteiger partial charge in [-0.05, 0) is 25.6 Å². The fourth-order valence-electron chi connectivity index (χ4n) is 1.54. The van der Waals surface area contributed by atoms with Crippen molar-refractivity contribution in [3.8, 4) is 12.3 Å². The zero-order valence-electron chi connectivity index (χ0n) is 8.65. The zero-order chi connectivity index (χ0) is 11.6. The van der Waals surface area contributed by atoms with Crippen molar-refractivity contribution in [2.75, 3.05) is 20.1 Å². The van der Waals surface area contributed by atoms with E-state index in [2.05, 4.69) is 0 Å². The van der Waals surface area contributed by atoms with Gasteiger partial charge in [-0.15, -0.1) is 6.42 Å². The number of rotatable bonds is 1. The standard InChI is InChI=1S/C11H12F3N/c1-4-10(11(12,13)14)5-9-7-15(3)6-8(9)2/h1,5H,6-7H2,2-3H3/b10-5+. The molecule has 0 N–H and O–H groups in total. The lowest BCUT2D eigenvalue weighted by atomic mass is 10.1. The van der Waals surface area contributed by atoms with Crippen LogP contribution >= 0.6 is 0 Å². The fourth-order valence-corrected chi connectivity index (χ4v) is 1.54. The van der Waals surface area contributed by atoms with E-state index >= 15 is 0 Å². The molecule has 0 aromatic rings. The first-order valence-corrected chi connectivity index (χ1v) is 4.47. The predicted molar refractivity (Wildman–Crippen MR) is 53.2 cm³/mol. The molecule has 15 heavy (non-hydrogen) atoms. The lowest BCUT2D eigenvalue weighted by molar-refractivity contribution is -0.0872. The Morgan fingerprint density at radius 2 is 2.07 bits per heavy atom. The summed E-state index contributed by atoms with van der Waals surface area (Å²) in [4.78, 5) is 1.94. The van der Waals surface area contributed by atoms with Crippen molar-refractivity contribution in [2.24, 2.45) is 0 Å². The molecule has 0 aromatic heterocycles. The van der Waals surface area contributed by atoms with Crippen LogP contribution in [0.3, 0.4) is 0 Å². The van der Waals surface area contributed by atoms with Gasteiger partial charge in [0.1, 0.15) is 5.57 Å². The van der Waals surface area contributed by atoms with E-state index in [0.29, 0.717) is 18.7 Å². The number of alkyl halides is 3. The molecule has 0 saturated carbocycles. The third kappa shape index (κ3) is 2.87. The fraction of sp³-hybridized carbons (Fsp3) is 0.455. The highest BCUT2D eigenvalue weighted by molar-refractivity contribution is 5.41. The lowest BCUT2D eigenvalue weighted by Gasteiger charge is -2.07. The SMILES string of the molecule is C#C/C(=C\C1=C(C)CN(C)C1)C(F)(F)F. The Bertz CT molecular complexity index is 355. The van der Waals surface area contributed by atoms with E-state index in [1.165, 1.54) is 0 Å². The van der Waals surface area contributed by atoms with Gasteiger partial charge in [-0.25, -0.2) is 0 Å². The van der Waals surface area contributed by atoms with Gasteiger partial charge in [-0.2, -0.15) is 13.2 Å². The van der Waals surface area contributed by atoms with Crippen molar-refractivity contribution in [2.45, 2.75) is 13.1 Å². The Kier molecular flexibility index (Phi) is 3.25. The molecule has 0 fully saturated rings. The maximum Gasteiger partial charge on any atom is 0.424 e. The highest BCUT2D eigenvalue weighted by atomic mass is 19.4. The summed E-state index contributed by atoms with van der Waals surface area (Å²) in [5.41, 5.74) is 0.699. The molecule has 0 aliphatic carbocycles. The number of halogens is 3. The Labute approximate surface area is 87.3 Å². The monoisotopic (exact) mass is 215 g/mol. The molecule has 0 spiro atoms. The Balaban J connectivity index is 2.97. The van der Waals surface area contributed by atoms with Gasteiger partial charge in [-0.1, -0.05) is 11.5 Å². The second-order valence-corrected chi connectivity index (χ2v) is 3.68. The van der Waals surface area contributed by atoms with Crippen LogP contribution < -0.4 is 0 Å². The Hall–Kier alpha value is -1.21. The van der Waals surface area contributed by atoms with Crippen LogP contribution in [0.2, 0.25) is 0 Å². The molecule has 0 amide bonds. The second-order valence-electron chi connectivity index (χ2n) is 3.68. The summed E-state index contributed by atoms with van der Waals surface area (Å²) in [6.45, 7) is 3.04. The van der Waals surface area contributed by atoms with Crippen LogP contribution in [0.15, 0.2) is 22.8 Å². The quantitative estimate of drug-likeness (QED) is 0.607. The van der Waals surface area contributed by atoms with Crippen LogP contribution in [0.4, 0.5) is 13.2 Å². The average Bonchev–Trinajstić information content (AvgIpc) is 2.38. The minimum absolute atomic E-state index is 0.521. The summed E-state index contributed by atoms with van der Waals surface area (Å²) in [6, 6.07) is 0. The summed E-state index contributed by atoms with van der Waals surface area (Å²) in [7, 11) is 1.85. The molecule has 0 bridgehead atoms. The molecule has 1 aliphatic heterocycles. The second kappa shape index (κ2) is 4.11. The van der Waals surface area contributed by atoms with Crippen LogP contribution in [-0.4, -0.2) is 31.2 Å². The molecular formula is C11H12F3N. The van der Waals surface area contributed by atoms with Gasteiger partial charge in [-0.3, -0.25) is 4.90 Å². The largest absolute Gasteiger partial charge is 0.424 e. The summed E-state index contributed by atoms with van der Waals surface area (Å²) in [5.74, 6) is 1.69. The topological polar surface area (TPSA) is 3.24 Å². The van der Waals surface area contributed by atoms with E-state index in [1.807, 2.05) is 18.9 Å². The molecule has 0 radical (unpaired) electrons. The third-order valence-corrected chi connectivity index (χ3v) is 2.27. The van der Waals surface area contributed by atoms with E-state index in [9.17, 15) is 13.2 Å². The van der Waals surface area contributed by atoms with Crippen molar-refractivity contribution in [3.05, 3.63) is 22.8 Å². The minimum atomic E-state index is -4.43. The van der Waals surface area contributed by atoms with E-state index in [1.54, 1.807) is 5.92 Å². The maximum absolute atomic E-state index is 12.4. The minimum Gasteiger partial charge on any atom is -0.298 e. The zero-order valence-corrected chi connectivity index (χ0v) is 8.65. The predicted octanol–water partition coefficient (Wildman–Crippen LogP) is 2.37. The van der Waals surface area contributed by atoms with E-state index in [0.717, 1.165) is 11.6 Å². The van der Waals surface area contributed by atoms with Gasteiger partial charge in [0.25, 0.3) is 0 Å². The first kappa shape index (κ1) is 11.9. The van der Waals surface area contributed by atoms with E-state index in [4.69, 9.17) is 6.42 Å². The van der Waals surface area contributed by atoms with Gasteiger partial charge < -0.3 is 0 Å². The molecule has 1 heterocycles. The molecule has 1 nitrogen and oxygen atoms in total. The van der Waals surface area contributed by atoms with Gasteiger partial charge in [0, 0.05) is 13.1 Å². The first-order valence-electron chi connectivity index (χ1n) is 4.47. The van der Waals surface area contributed by atoms with Gasteiger partial charge >= 0.3 is 6.18 Å². The van der Waals surface area contributed by atoms with Crippen molar-refractivity contribution in [3.63, 3.8) is 0 Å². The highest BCUT2D eigenvalue weighted by Crippen LogP contribution is 2.28. The van der Waals surface area contributed by atoms with Crippen molar-refractivity contribution in [1.29, 1.82) is 0 Å². The average molecular weight is 215 g/mol. The molecular weight excluding hydrogens is 203 g/mol. The smallest absolute Gasteiger partial charge is 0.298 e. The number of terminal acetylenes is 1. The van der Waals surface area contributed by atoms with Crippen LogP contribution in [0.1, 0.15) is 6.92 Å². The summed E-state index contributed by atoms with van der Waals surface area (Å²) < 4.78 is 37.1. The summed E-state index contributed by atoms with van der Waals surface area (Å²) in [6.07, 6.45) is 1.48. The molecule has 0 saturated heterocycles. The molecule has 82 valence electrons. The molecule has 0 aromatic carbocycles. The van der Waals surface area contributed by atoms with Gasteiger partial charge in [0.05, 0.1) is 0 Å². The molecule has 1 aliphatic rings. The van der Waals surface area contributed by atoms with Crippen LogP contribution in [0.5, 0.6) is 0 Å². The highest BCUT2D eigenvalue weighted by Gasteiger charge is 2.33. The van der Waals surface area contributed by atoms with Crippen LogP contribution in [0, 0.1) is 12.3 Å². The lowest BCUT2D eigenvalue weighted by Crippen LogP contribution is -2.15. The van der Waals surface area contributed by atoms with Gasteiger partial charge in [0.2, 0.25) is 0 Å². The number of hydrogen-bond acceptors (Lipinski definition) is 1. The summed E-state index contributed by atoms with van der Waals surface area (Å²) >= 11 is 0. The van der Waals surface area contributed by atoms with Crippen molar-refractivity contribution >= 4 is 0 Å². The summed E-state index contributed by atoms with van der Waals surface area (Å²) in [5, 5.41) is 0. The molecule has 1 rings (SSSR count). The van der Waals surface area contributed by atoms with E-state index < -0.39 is 11.7 Å². The number of nitrogens with zero attached hydrogens (tertiary/aromatic N) is 1. The van der Waals surface area contributed by atoms with Crippen molar-refractivity contribution < 1.29 is 13.2 Å². The van der Waals surface area contributed by atoms with Gasteiger partial charge in [0.15, 0.2) is 0 Å². The molecule has 4 heteroatoms. The third-order valence-electron chi connectivity index (χ3n) is 2.27. The maximum atomic E-state index is 12.4. The number of allylic oxidation sites excluding steroid dienone is 1. The van der Waals surface area contributed by atoms with E-state index in [-0.39, 0.29) is 0 Å². The molecule has 0 unspecified atom stereocenters. The number of likely N-dealkylation sites (N-methyl/N-ethyl adjacent to an activating group) is 1. The first-order chi connectivity index (χ1) is 6.84. The Morgan fingerprint density at radius 3 is 2.40 bits per heavy atom. The molecule has 0 atom stereocenters.